The molecule has 1 N–H and O–H groups in total. The van der Waals surface area contributed by atoms with Crippen molar-refractivity contribution in [3.05, 3.63) is 30.1 Å². The molecule has 1 aromatic carbocycles. The zero-order chi connectivity index (χ0) is 15.0. The summed E-state index contributed by atoms with van der Waals surface area (Å²) in [7, 11) is -2.15. The fourth-order valence-corrected chi connectivity index (χ4v) is 4.65. The fourth-order valence-electron chi connectivity index (χ4n) is 3.28. The van der Waals surface area contributed by atoms with Crippen molar-refractivity contribution in [1.29, 1.82) is 0 Å². The highest BCUT2D eigenvalue weighted by Gasteiger charge is 2.54. The molecular weight excluding hydrogens is 297 g/mol. The Morgan fingerprint density at radius 1 is 1.48 bits per heavy atom. The highest BCUT2D eigenvalue weighted by atomic mass is 32.2. The molecule has 7 heteroatoms. The van der Waals surface area contributed by atoms with Gasteiger partial charge in [-0.3, -0.25) is 0 Å². The zero-order valence-corrected chi connectivity index (χ0v) is 12.5. The van der Waals surface area contributed by atoms with E-state index in [2.05, 4.69) is 4.72 Å². The molecule has 1 aliphatic carbocycles. The SMILES string of the molecule is COC[C@H]1[C@@H](NS(=O)(=O)c2cccc(F)c2)[C@H]2CCO[C@H]21. The van der Waals surface area contributed by atoms with Crippen LogP contribution in [0.2, 0.25) is 0 Å². The lowest BCUT2D eigenvalue weighted by Gasteiger charge is -2.47. The first-order valence-corrected chi connectivity index (χ1v) is 8.39. The number of fused-ring (bicyclic) bond motifs is 1. The zero-order valence-electron chi connectivity index (χ0n) is 11.7. The smallest absolute Gasteiger partial charge is 0.240 e. The van der Waals surface area contributed by atoms with Crippen molar-refractivity contribution in [1.82, 2.24) is 4.72 Å². The van der Waals surface area contributed by atoms with E-state index in [0.717, 1.165) is 12.5 Å². The molecule has 116 valence electrons. The highest BCUT2D eigenvalue weighted by Crippen LogP contribution is 2.44. The summed E-state index contributed by atoms with van der Waals surface area (Å²) in [6.45, 7) is 1.09. The third-order valence-corrected chi connectivity index (χ3v) is 5.74. The second-order valence-corrected chi connectivity index (χ2v) is 7.23. The molecule has 0 amide bonds. The molecule has 0 aromatic heterocycles. The van der Waals surface area contributed by atoms with Crippen molar-refractivity contribution in [2.45, 2.75) is 23.5 Å². The number of sulfonamides is 1. The quantitative estimate of drug-likeness (QED) is 0.885. The molecule has 4 atom stereocenters. The number of benzene rings is 1. The molecule has 2 aliphatic rings. The summed E-state index contributed by atoms with van der Waals surface area (Å²) < 4.78 is 51.4. The first-order chi connectivity index (χ1) is 10.0. The first-order valence-electron chi connectivity index (χ1n) is 6.91. The topological polar surface area (TPSA) is 64.6 Å². The van der Waals surface area contributed by atoms with E-state index in [9.17, 15) is 12.8 Å². The molecule has 0 bridgehead atoms. The number of hydrogen-bond donors (Lipinski definition) is 1. The van der Waals surface area contributed by atoms with Gasteiger partial charge in [0.05, 0.1) is 17.6 Å². The van der Waals surface area contributed by atoms with E-state index in [1.165, 1.54) is 18.2 Å². The van der Waals surface area contributed by atoms with Crippen molar-refractivity contribution in [2.75, 3.05) is 20.3 Å². The molecule has 5 nitrogen and oxygen atoms in total. The van der Waals surface area contributed by atoms with Crippen LogP contribution < -0.4 is 4.72 Å². The minimum atomic E-state index is -3.73. The molecule has 0 spiro atoms. The summed E-state index contributed by atoms with van der Waals surface area (Å²) in [4.78, 5) is -0.0546. The van der Waals surface area contributed by atoms with E-state index in [4.69, 9.17) is 9.47 Å². The van der Waals surface area contributed by atoms with Crippen LogP contribution in [0.4, 0.5) is 4.39 Å². The molecule has 1 saturated heterocycles. The predicted molar refractivity (Wildman–Crippen MR) is 73.7 cm³/mol. The minimum Gasteiger partial charge on any atom is -0.384 e. The number of hydrogen-bond acceptors (Lipinski definition) is 4. The molecule has 2 fully saturated rings. The molecule has 1 saturated carbocycles. The Balaban J connectivity index is 1.78. The van der Waals surface area contributed by atoms with Crippen LogP contribution in [-0.4, -0.2) is 40.9 Å². The largest absolute Gasteiger partial charge is 0.384 e. The van der Waals surface area contributed by atoms with E-state index in [-0.39, 0.29) is 28.9 Å². The molecule has 21 heavy (non-hydrogen) atoms. The average molecular weight is 315 g/mol. The summed E-state index contributed by atoms with van der Waals surface area (Å²) in [5.74, 6) is -0.388. The van der Waals surface area contributed by atoms with Crippen molar-refractivity contribution in [2.24, 2.45) is 11.8 Å². The van der Waals surface area contributed by atoms with Gasteiger partial charge in [-0.15, -0.1) is 0 Å². The van der Waals surface area contributed by atoms with Gasteiger partial charge >= 0.3 is 0 Å². The average Bonchev–Trinajstić information content (AvgIpc) is 2.87. The lowest BCUT2D eigenvalue weighted by atomic mass is 9.68. The van der Waals surface area contributed by atoms with Gasteiger partial charge in [-0.25, -0.2) is 17.5 Å². The lowest BCUT2D eigenvalue weighted by Crippen LogP contribution is -2.62. The Hall–Kier alpha value is -1.02. The van der Waals surface area contributed by atoms with Crippen molar-refractivity contribution in [3.8, 4) is 0 Å². The predicted octanol–water partition coefficient (Wildman–Crippen LogP) is 1.15. The van der Waals surface area contributed by atoms with Crippen LogP contribution in [0.5, 0.6) is 0 Å². The van der Waals surface area contributed by atoms with Crippen LogP contribution in [-0.2, 0) is 19.5 Å². The third kappa shape index (κ3) is 2.70. The van der Waals surface area contributed by atoms with Crippen LogP contribution in [0, 0.1) is 17.7 Å². The number of halogens is 1. The summed E-state index contributed by atoms with van der Waals surface area (Å²) >= 11 is 0. The van der Waals surface area contributed by atoms with Gasteiger partial charge in [0.1, 0.15) is 5.82 Å². The molecule has 3 rings (SSSR count). The maximum absolute atomic E-state index is 13.2. The minimum absolute atomic E-state index is 0.00540. The monoisotopic (exact) mass is 315 g/mol. The van der Waals surface area contributed by atoms with Gasteiger partial charge in [0.25, 0.3) is 0 Å². The van der Waals surface area contributed by atoms with Crippen LogP contribution in [0.1, 0.15) is 6.42 Å². The molecule has 0 unspecified atom stereocenters. The number of ether oxygens (including phenoxy) is 2. The van der Waals surface area contributed by atoms with E-state index in [1.807, 2.05) is 0 Å². The molecule has 1 aromatic rings. The van der Waals surface area contributed by atoms with Gasteiger partial charge in [-0.05, 0) is 24.6 Å². The summed E-state index contributed by atoms with van der Waals surface area (Å²) in [5.41, 5.74) is 0. The molecule has 1 aliphatic heterocycles. The summed E-state index contributed by atoms with van der Waals surface area (Å²) in [5, 5.41) is 0. The van der Waals surface area contributed by atoms with Gasteiger partial charge < -0.3 is 9.47 Å². The molecule has 1 heterocycles. The fraction of sp³-hybridized carbons (Fsp3) is 0.571. The van der Waals surface area contributed by atoms with Crippen molar-refractivity contribution >= 4 is 10.0 Å². The maximum Gasteiger partial charge on any atom is 0.240 e. The van der Waals surface area contributed by atoms with Crippen LogP contribution in [0.15, 0.2) is 29.2 Å². The molecule has 0 radical (unpaired) electrons. The molecular formula is C14H18FNO4S. The van der Waals surface area contributed by atoms with E-state index in [1.54, 1.807) is 7.11 Å². The van der Waals surface area contributed by atoms with Gasteiger partial charge in [-0.1, -0.05) is 6.07 Å². The Kier molecular flexibility index (Phi) is 4.00. The van der Waals surface area contributed by atoms with Crippen molar-refractivity contribution in [3.63, 3.8) is 0 Å². The van der Waals surface area contributed by atoms with E-state index >= 15 is 0 Å². The standard InChI is InChI=1S/C14H18FNO4S/c1-19-8-12-13(11-5-6-20-14(11)12)16-21(17,18)10-4-2-3-9(15)7-10/h2-4,7,11-14,16H,5-6,8H2,1H3/t11-,12+,13+,14-/m1/s1. The highest BCUT2D eigenvalue weighted by molar-refractivity contribution is 7.89. The van der Waals surface area contributed by atoms with Gasteiger partial charge in [0, 0.05) is 31.6 Å². The Morgan fingerprint density at radius 2 is 2.29 bits per heavy atom. The normalized spacial score (nSPS) is 31.7. The maximum atomic E-state index is 13.2. The lowest BCUT2D eigenvalue weighted by molar-refractivity contribution is -0.0775. The number of rotatable bonds is 5. The van der Waals surface area contributed by atoms with Crippen LogP contribution in [0.3, 0.4) is 0 Å². The second-order valence-electron chi connectivity index (χ2n) is 5.51. The van der Waals surface area contributed by atoms with E-state index < -0.39 is 15.8 Å². The Morgan fingerprint density at radius 3 is 3.00 bits per heavy atom. The Labute approximate surface area is 123 Å². The summed E-state index contributed by atoms with van der Waals surface area (Å²) in [6.07, 6.45) is 0.895. The van der Waals surface area contributed by atoms with Gasteiger partial charge in [0.15, 0.2) is 0 Å². The van der Waals surface area contributed by atoms with Gasteiger partial charge in [-0.2, -0.15) is 0 Å². The first kappa shape index (κ1) is 14.9. The Bertz CT molecular complexity index is 621. The second kappa shape index (κ2) is 5.64. The van der Waals surface area contributed by atoms with Gasteiger partial charge in [0.2, 0.25) is 10.0 Å². The van der Waals surface area contributed by atoms with Crippen LogP contribution >= 0.6 is 0 Å². The third-order valence-electron chi connectivity index (χ3n) is 4.28. The number of nitrogens with one attached hydrogen (secondary N) is 1. The number of methoxy groups -OCH3 is 1. The summed E-state index contributed by atoms with van der Waals surface area (Å²) in [6, 6.07) is 4.80. The van der Waals surface area contributed by atoms with E-state index in [0.29, 0.717) is 13.2 Å². The van der Waals surface area contributed by atoms with Crippen molar-refractivity contribution < 1.29 is 22.3 Å². The van der Waals surface area contributed by atoms with Crippen LogP contribution in [0.25, 0.3) is 0 Å².